The van der Waals surface area contributed by atoms with Gasteiger partial charge in [0.2, 0.25) is 0 Å². The first-order chi connectivity index (χ1) is 5.04. The minimum Gasteiger partial charge on any atom is -0.550 e. The zero-order valence-electron chi connectivity index (χ0n) is 8.33. The molecule has 13 heavy (non-hydrogen) atoms. The fourth-order valence-corrected chi connectivity index (χ4v) is 0.204. The summed E-state index contributed by atoms with van der Waals surface area (Å²) in [6, 6.07) is 0. The molecule has 0 amide bonds. The predicted octanol–water partition coefficient (Wildman–Crippen LogP) is -7.53. The summed E-state index contributed by atoms with van der Waals surface area (Å²) >= 11 is 0. The molecule has 0 fully saturated rings. The monoisotopic (exact) mass is 236 g/mol. The van der Waals surface area contributed by atoms with Gasteiger partial charge in [0.05, 0.1) is 0 Å². The van der Waals surface area contributed by atoms with Gasteiger partial charge in [0, 0.05) is 11.9 Å². The second kappa shape index (κ2) is 19.5. The first-order valence-electron chi connectivity index (χ1n) is 3.01. The summed E-state index contributed by atoms with van der Waals surface area (Å²) in [7, 11) is 0. The van der Waals surface area contributed by atoms with Crippen molar-refractivity contribution in [3.63, 3.8) is 0 Å². The molecule has 0 atom stereocenters. The van der Waals surface area contributed by atoms with E-state index in [9.17, 15) is 19.8 Å². The number of allylic oxidation sites excluding steroid dienone is 1. The van der Waals surface area contributed by atoms with Gasteiger partial charge in [-0.3, -0.25) is 0 Å². The van der Waals surface area contributed by atoms with Crippen LogP contribution < -0.4 is 113 Å². The van der Waals surface area contributed by atoms with E-state index in [4.69, 9.17) is 0 Å². The van der Waals surface area contributed by atoms with Crippen LogP contribution in [-0.4, -0.2) is 11.9 Å². The fourth-order valence-electron chi connectivity index (χ4n) is 0.204. The Kier molecular flexibility index (Phi) is 36.4. The Bertz CT molecular complexity index is 133. The molecular formula is C7H10K2O4. The molecule has 0 saturated heterocycles. The van der Waals surface area contributed by atoms with Crippen molar-refractivity contribution in [3.8, 4) is 0 Å². The number of rotatable bonds is 3. The summed E-state index contributed by atoms with van der Waals surface area (Å²) in [6.07, 6.45) is 0.810. The molecular weight excluding hydrogens is 226 g/mol. The van der Waals surface area contributed by atoms with Crippen LogP contribution in [-0.2, 0) is 9.59 Å². The molecule has 0 aromatic rings. The van der Waals surface area contributed by atoms with Crippen LogP contribution in [0.15, 0.2) is 12.7 Å². The number of carboxylic acid groups (broad SMARTS) is 2. The van der Waals surface area contributed by atoms with Crippen LogP contribution in [0, 0.1) is 0 Å². The van der Waals surface area contributed by atoms with Crippen molar-refractivity contribution >= 4 is 11.9 Å². The first kappa shape index (κ1) is 24.3. The number of aliphatic carboxylic acids is 2. The molecule has 4 nitrogen and oxygen atoms in total. The van der Waals surface area contributed by atoms with Crippen molar-refractivity contribution in [3.05, 3.63) is 12.7 Å². The molecule has 0 aromatic heterocycles. The second-order valence-electron chi connectivity index (χ2n) is 1.65. The standard InChI is InChI=1S/C4H6O4.C3H6.2K/c5-3(6)1-2-4(7)8;1-3-2;;/h1-2H2,(H,5,6)(H,7,8);3H,1H2,2H3;;/q;;2*+1/p-2. The van der Waals surface area contributed by atoms with E-state index in [1.54, 1.807) is 6.08 Å². The molecule has 0 unspecified atom stereocenters. The minimum absolute atomic E-state index is 0. The van der Waals surface area contributed by atoms with Gasteiger partial charge in [-0.15, -0.1) is 6.58 Å². The van der Waals surface area contributed by atoms with E-state index in [-0.39, 0.29) is 103 Å². The van der Waals surface area contributed by atoms with Crippen molar-refractivity contribution in [1.82, 2.24) is 0 Å². The summed E-state index contributed by atoms with van der Waals surface area (Å²) in [5, 5.41) is 19.0. The Morgan fingerprint density at radius 3 is 1.38 bits per heavy atom. The maximum atomic E-state index is 9.50. The van der Waals surface area contributed by atoms with Crippen molar-refractivity contribution < 1.29 is 123 Å². The molecule has 0 rings (SSSR count). The average Bonchev–Trinajstić information content (AvgIpc) is 1.85. The predicted molar refractivity (Wildman–Crippen MR) is 35.1 cm³/mol. The molecule has 64 valence electrons. The van der Waals surface area contributed by atoms with E-state index >= 15 is 0 Å². The summed E-state index contributed by atoms with van der Waals surface area (Å²) < 4.78 is 0. The Balaban J connectivity index is -0.0000000720. The summed E-state index contributed by atoms with van der Waals surface area (Å²) in [5.74, 6) is -2.73. The molecule has 0 aromatic carbocycles. The minimum atomic E-state index is -1.37. The van der Waals surface area contributed by atoms with Crippen molar-refractivity contribution in [2.75, 3.05) is 0 Å². The molecule has 0 aliphatic rings. The third-order valence-electron chi connectivity index (χ3n) is 0.533. The van der Waals surface area contributed by atoms with Crippen molar-refractivity contribution in [2.24, 2.45) is 0 Å². The van der Waals surface area contributed by atoms with Gasteiger partial charge in [0.1, 0.15) is 0 Å². The smallest absolute Gasteiger partial charge is 0.550 e. The van der Waals surface area contributed by atoms with Crippen LogP contribution >= 0.6 is 0 Å². The Labute approximate surface area is 163 Å². The third-order valence-corrected chi connectivity index (χ3v) is 0.533. The van der Waals surface area contributed by atoms with Crippen LogP contribution in [0.5, 0.6) is 0 Å². The van der Waals surface area contributed by atoms with Gasteiger partial charge in [0.25, 0.3) is 0 Å². The van der Waals surface area contributed by atoms with Crippen LogP contribution in [0.3, 0.4) is 0 Å². The van der Waals surface area contributed by atoms with E-state index < -0.39 is 24.8 Å². The zero-order chi connectivity index (χ0) is 9.28. The molecule has 6 heteroatoms. The summed E-state index contributed by atoms with van der Waals surface area (Å²) in [4.78, 5) is 19.0. The van der Waals surface area contributed by atoms with Crippen molar-refractivity contribution in [1.29, 1.82) is 0 Å². The van der Waals surface area contributed by atoms with Gasteiger partial charge in [0.15, 0.2) is 0 Å². The first-order valence-corrected chi connectivity index (χ1v) is 3.01. The van der Waals surface area contributed by atoms with Crippen LogP contribution in [0.2, 0.25) is 0 Å². The summed E-state index contributed by atoms with van der Waals surface area (Å²) in [5.41, 5.74) is 0. The Morgan fingerprint density at radius 1 is 1.15 bits per heavy atom. The molecule has 0 bridgehead atoms. The Morgan fingerprint density at radius 2 is 1.31 bits per heavy atom. The average molecular weight is 236 g/mol. The van der Waals surface area contributed by atoms with Gasteiger partial charge in [-0.05, 0) is 19.8 Å². The van der Waals surface area contributed by atoms with Gasteiger partial charge < -0.3 is 19.8 Å². The van der Waals surface area contributed by atoms with Crippen LogP contribution in [0.4, 0.5) is 0 Å². The largest absolute Gasteiger partial charge is 1.00 e. The molecule has 0 radical (unpaired) electrons. The quantitative estimate of drug-likeness (QED) is 0.360. The SMILES string of the molecule is C=CC.O=C([O-])CCC(=O)[O-].[K+].[K+]. The van der Waals surface area contributed by atoms with Gasteiger partial charge in [-0.25, -0.2) is 0 Å². The van der Waals surface area contributed by atoms with E-state index in [0.717, 1.165) is 0 Å². The molecule has 0 saturated carbocycles. The van der Waals surface area contributed by atoms with Crippen molar-refractivity contribution in [2.45, 2.75) is 19.8 Å². The topological polar surface area (TPSA) is 80.3 Å². The Hall–Kier alpha value is 1.95. The second-order valence-corrected chi connectivity index (χ2v) is 1.65. The number of carboxylic acids is 2. The normalized spacial score (nSPS) is 6.23. The van der Waals surface area contributed by atoms with Gasteiger partial charge in [-0.1, -0.05) is 6.08 Å². The van der Waals surface area contributed by atoms with E-state index in [0.29, 0.717) is 0 Å². The third kappa shape index (κ3) is 41.2. The zero-order valence-corrected chi connectivity index (χ0v) is 14.6. The number of carbonyl (C=O) groups excluding carboxylic acids is 2. The maximum Gasteiger partial charge on any atom is 1.00 e. The molecule has 0 spiro atoms. The van der Waals surface area contributed by atoms with Gasteiger partial charge >= 0.3 is 103 Å². The van der Waals surface area contributed by atoms with E-state index in [1.807, 2.05) is 6.92 Å². The molecule has 0 N–H and O–H groups in total. The van der Waals surface area contributed by atoms with E-state index in [2.05, 4.69) is 6.58 Å². The molecule has 0 heterocycles. The van der Waals surface area contributed by atoms with Crippen LogP contribution in [0.1, 0.15) is 19.8 Å². The van der Waals surface area contributed by atoms with Crippen LogP contribution in [0.25, 0.3) is 0 Å². The van der Waals surface area contributed by atoms with Gasteiger partial charge in [-0.2, -0.15) is 0 Å². The maximum absolute atomic E-state index is 9.50. The van der Waals surface area contributed by atoms with E-state index in [1.165, 1.54) is 0 Å². The number of carbonyl (C=O) groups is 2. The number of hydrogen-bond acceptors (Lipinski definition) is 4. The summed E-state index contributed by atoms with van der Waals surface area (Å²) in [6.45, 7) is 5.25. The number of hydrogen-bond donors (Lipinski definition) is 0. The molecule has 0 aliphatic heterocycles. The molecule has 0 aliphatic carbocycles. The fraction of sp³-hybridized carbons (Fsp3) is 0.429.